The molecule has 0 unspecified atom stereocenters. The molecule has 8 heteroatoms. The Morgan fingerprint density at radius 2 is 1.83 bits per heavy atom. The molecule has 3 aliphatic rings. The molecule has 0 saturated heterocycles. The zero-order valence-corrected chi connectivity index (χ0v) is 17.4. The van der Waals surface area contributed by atoms with Crippen molar-refractivity contribution in [3.63, 3.8) is 0 Å². The van der Waals surface area contributed by atoms with Crippen LogP contribution in [-0.4, -0.2) is 32.2 Å². The van der Waals surface area contributed by atoms with Crippen LogP contribution in [0.3, 0.4) is 0 Å². The highest BCUT2D eigenvalue weighted by atomic mass is 35.5. The molecule has 2 aromatic rings. The van der Waals surface area contributed by atoms with Gasteiger partial charge in [0.1, 0.15) is 11.6 Å². The maximum Gasteiger partial charge on any atom is 0.258 e. The predicted octanol–water partition coefficient (Wildman–Crippen LogP) is 3.68. The van der Waals surface area contributed by atoms with E-state index in [1.54, 1.807) is 24.3 Å². The molecule has 0 aliphatic heterocycles. The fourth-order valence-corrected chi connectivity index (χ4v) is 6.51. The van der Waals surface area contributed by atoms with E-state index >= 15 is 0 Å². The first-order chi connectivity index (χ1) is 13.6. The Morgan fingerprint density at radius 3 is 2.45 bits per heavy atom. The van der Waals surface area contributed by atoms with Gasteiger partial charge in [0.2, 0.25) is 0 Å². The summed E-state index contributed by atoms with van der Waals surface area (Å²) in [7, 11) is -3.35. The van der Waals surface area contributed by atoms with Gasteiger partial charge in [-0.3, -0.25) is 4.79 Å². The molecular weight excluding hydrogens is 417 g/mol. The van der Waals surface area contributed by atoms with Crippen molar-refractivity contribution in [2.45, 2.75) is 36.6 Å². The molecule has 0 spiro atoms. The molecule has 3 fully saturated rings. The van der Waals surface area contributed by atoms with E-state index in [1.165, 1.54) is 12.1 Å². The van der Waals surface area contributed by atoms with E-state index in [4.69, 9.17) is 16.3 Å². The van der Waals surface area contributed by atoms with Crippen LogP contribution in [0.4, 0.5) is 4.39 Å². The molecule has 154 valence electrons. The SMILES string of the molecule is Cc1ccc(S(=O)(=O)CC23CC(NC(=O)COc4ccc(Cl)c(F)c4)(C2)C3)cc1. The Kier molecular flexibility index (Phi) is 4.86. The number of hydrogen-bond donors (Lipinski definition) is 1. The Balaban J connectivity index is 1.28. The van der Waals surface area contributed by atoms with Crippen LogP contribution < -0.4 is 10.1 Å². The van der Waals surface area contributed by atoms with Crippen LogP contribution in [0.15, 0.2) is 47.4 Å². The first-order valence-corrected chi connectivity index (χ1v) is 11.3. The first-order valence-electron chi connectivity index (χ1n) is 9.29. The van der Waals surface area contributed by atoms with Crippen LogP contribution >= 0.6 is 11.6 Å². The van der Waals surface area contributed by atoms with Crippen LogP contribution in [0.5, 0.6) is 5.75 Å². The van der Waals surface area contributed by atoms with Crippen molar-refractivity contribution in [1.82, 2.24) is 5.32 Å². The predicted molar refractivity (Wildman–Crippen MR) is 107 cm³/mol. The van der Waals surface area contributed by atoms with Crippen LogP contribution in [0.2, 0.25) is 5.02 Å². The van der Waals surface area contributed by atoms with Crippen LogP contribution in [0.1, 0.15) is 24.8 Å². The van der Waals surface area contributed by atoms with E-state index in [0.29, 0.717) is 24.2 Å². The second-order valence-electron chi connectivity index (χ2n) is 8.30. The van der Waals surface area contributed by atoms with Crippen LogP contribution in [-0.2, 0) is 14.6 Å². The number of carbonyl (C=O) groups is 1. The highest BCUT2D eigenvalue weighted by Crippen LogP contribution is 2.67. The molecule has 3 saturated carbocycles. The van der Waals surface area contributed by atoms with Crippen molar-refractivity contribution in [2.24, 2.45) is 5.41 Å². The lowest BCUT2D eigenvalue weighted by molar-refractivity contribution is -0.156. The number of rotatable bonds is 7. The van der Waals surface area contributed by atoms with Gasteiger partial charge in [-0.1, -0.05) is 29.3 Å². The normalized spacial score (nSPS) is 24.9. The Bertz CT molecular complexity index is 1050. The number of hydrogen-bond acceptors (Lipinski definition) is 4. The highest BCUT2D eigenvalue weighted by molar-refractivity contribution is 7.91. The lowest BCUT2D eigenvalue weighted by Gasteiger charge is -2.70. The summed E-state index contributed by atoms with van der Waals surface area (Å²) in [4.78, 5) is 12.5. The van der Waals surface area contributed by atoms with Gasteiger partial charge in [0, 0.05) is 11.6 Å². The van der Waals surface area contributed by atoms with Crippen LogP contribution in [0, 0.1) is 18.2 Å². The minimum atomic E-state index is -3.35. The zero-order chi connectivity index (χ0) is 20.9. The summed E-state index contributed by atoms with van der Waals surface area (Å²) in [6.07, 6.45) is 1.94. The van der Waals surface area contributed by atoms with Crippen molar-refractivity contribution in [2.75, 3.05) is 12.4 Å². The second-order valence-corrected chi connectivity index (χ2v) is 10.7. The van der Waals surface area contributed by atoms with Gasteiger partial charge in [-0.15, -0.1) is 0 Å². The maximum absolute atomic E-state index is 13.4. The number of ether oxygens (including phenoxy) is 1. The van der Waals surface area contributed by atoms with Crippen molar-refractivity contribution in [3.05, 3.63) is 58.9 Å². The molecule has 0 radical (unpaired) electrons. The number of benzene rings is 2. The van der Waals surface area contributed by atoms with Crippen molar-refractivity contribution < 1.29 is 22.3 Å². The lowest BCUT2D eigenvalue weighted by Crippen LogP contribution is -2.76. The van der Waals surface area contributed by atoms with Gasteiger partial charge in [-0.05, 0) is 55.9 Å². The fourth-order valence-electron chi connectivity index (χ4n) is 4.56. The Labute approximate surface area is 174 Å². The van der Waals surface area contributed by atoms with E-state index in [9.17, 15) is 17.6 Å². The molecule has 1 N–H and O–H groups in total. The largest absolute Gasteiger partial charge is 0.484 e. The van der Waals surface area contributed by atoms with Gasteiger partial charge < -0.3 is 10.1 Å². The minimum absolute atomic E-state index is 0.0124. The number of halogens is 2. The molecule has 0 atom stereocenters. The van der Waals surface area contributed by atoms with Gasteiger partial charge >= 0.3 is 0 Å². The third kappa shape index (κ3) is 3.98. The summed E-state index contributed by atoms with van der Waals surface area (Å²) in [5.74, 6) is -0.600. The molecule has 5 rings (SSSR count). The summed E-state index contributed by atoms with van der Waals surface area (Å²) < 4.78 is 44.0. The molecule has 0 heterocycles. The van der Waals surface area contributed by atoms with E-state index < -0.39 is 15.7 Å². The summed E-state index contributed by atoms with van der Waals surface area (Å²) in [5, 5.41) is 2.92. The molecular formula is C21H21ClFNO4S. The summed E-state index contributed by atoms with van der Waals surface area (Å²) in [5.41, 5.74) is 0.422. The zero-order valence-electron chi connectivity index (χ0n) is 15.9. The third-order valence-electron chi connectivity index (χ3n) is 5.68. The van der Waals surface area contributed by atoms with Gasteiger partial charge in [0.25, 0.3) is 5.91 Å². The summed E-state index contributed by atoms with van der Waals surface area (Å²) in [6, 6.07) is 10.9. The van der Waals surface area contributed by atoms with E-state index in [1.807, 2.05) is 6.92 Å². The van der Waals surface area contributed by atoms with Gasteiger partial charge in [0.05, 0.1) is 15.7 Å². The molecule has 2 bridgehead atoms. The van der Waals surface area contributed by atoms with Crippen molar-refractivity contribution >= 4 is 27.3 Å². The Morgan fingerprint density at radius 1 is 1.17 bits per heavy atom. The molecule has 1 amide bonds. The fraction of sp³-hybridized carbons (Fsp3) is 0.381. The number of amides is 1. The monoisotopic (exact) mass is 437 g/mol. The van der Waals surface area contributed by atoms with Gasteiger partial charge in [-0.25, -0.2) is 12.8 Å². The first kappa shape index (κ1) is 20.2. The highest BCUT2D eigenvalue weighted by Gasteiger charge is 2.69. The van der Waals surface area contributed by atoms with E-state index in [2.05, 4.69) is 5.32 Å². The summed E-state index contributed by atoms with van der Waals surface area (Å²) in [6.45, 7) is 1.68. The number of sulfone groups is 1. The second kappa shape index (κ2) is 6.99. The number of nitrogens with one attached hydrogen (secondary N) is 1. The van der Waals surface area contributed by atoms with Crippen LogP contribution in [0.25, 0.3) is 0 Å². The third-order valence-corrected chi connectivity index (χ3v) is 7.97. The maximum atomic E-state index is 13.4. The molecule has 29 heavy (non-hydrogen) atoms. The Hall–Kier alpha value is -2.12. The number of carbonyl (C=O) groups excluding carboxylic acids is 1. The quantitative estimate of drug-likeness (QED) is 0.717. The van der Waals surface area contributed by atoms with Crippen molar-refractivity contribution in [1.29, 1.82) is 0 Å². The average molecular weight is 438 g/mol. The van der Waals surface area contributed by atoms with Gasteiger partial charge in [0.15, 0.2) is 16.4 Å². The summed E-state index contributed by atoms with van der Waals surface area (Å²) >= 11 is 5.61. The molecule has 5 nitrogen and oxygen atoms in total. The smallest absolute Gasteiger partial charge is 0.258 e. The molecule has 2 aromatic carbocycles. The lowest BCUT2D eigenvalue weighted by atomic mass is 9.40. The van der Waals surface area contributed by atoms with Crippen molar-refractivity contribution in [3.8, 4) is 5.75 Å². The molecule has 0 aromatic heterocycles. The average Bonchev–Trinajstić information content (AvgIpc) is 2.60. The van der Waals surface area contributed by atoms with Gasteiger partial charge in [-0.2, -0.15) is 0 Å². The molecule has 3 aliphatic carbocycles. The van der Waals surface area contributed by atoms with E-state index in [0.717, 1.165) is 11.6 Å². The van der Waals surface area contributed by atoms with E-state index in [-0.39, 0.29) is 40.0 Å². The topological polar surface area (TPSA) is 72.5 Å². The standard InChI is InChI=1S/C21H21ClFNO4S/c1-14-2-5-16(6-3-14)29(26,27)13-20-10-21(11-20,12-20)24-19(25)9-28-15-4-7-17(22)18(23)8-15/h2-8H,9-13H2,1H3,(H,24,25). The number of aryl methyl sites for hydroxylation is 1. The minimum Gasteiger partial charge on any atom is -0.484 e.